The fourth-order valence-electron chi connectivity index (χ4n) is 8.20. The maximum absolute atomic E-state index is 3.85. The van der Waals surface area contributed by atoms with Crippen LogP contribution >= 0.6 is 0 Å². The zero-order valence-corrected chi connectivity index (χ0v) is 17.4. The summed E-state index contributed by atoms with van der Waals surface area (Å²) in [5, 5.41) is 3.85. The van der Waals surface area contributed by atoms with Crippen LogP contribution in [0.4, 0.5) is 0 Å². The fourth-order valence-corrected chi connectivity index (χ4v) is 8.20. The highest BCUT2D eigenvalue weighted by Gasteiger charge is 2.58. The van der Waals surface area contributed by atoms with Crippen molar-refractivity contribution >= 4 is 0 Å². The van der Waals surface area contributed by atoms with Crippen molar-refractivity contribution in [3.63, 3.8) is 0 Å². The molecule has 0 spiro atoms. The van der Waals surface area contributed by atoms with Gasteiger partial charge < -0.3 is 5.32 Å². The second-order valence-corrected chi connectivity index (χ2v) is 10.8. The molecule has 4 aliphatic rings. The fraction of sp³-hybridized carbons (Fsp3) is 0.917. The average molecular weight is 344 g/mol. The summed E-state index contributed by atoms with van der Waals surface area (Å²) in [7, 11) is 0. The lowest BCUT2D eigenvalue weighted by Crippen LogP contribution is -2.55. The van der Waals surface area contributed by atoms with Crippen molar-refractivity contribution < 1.29 is 0 Å². The van der Waals surface area contributed by atoms with Crippen molar-refractivity contribution in [3.05, 3.63) is 11.6 Å². The number of hydrogen-bond donors (Lipinski definition) is 1. The van der Waals surface area contributed by atoms with Gasteiger partial charge in [-0.15, -0.1) is 0 Å². The first kappa shape index (κ1) is 18.1. The zero-order chi connectivity index (χ0) is 17.8. The molecule has 0 aromatic rings. The molecule has 0 aromatic heterocycles. The molecule has 0 saturated heterocycles. The van der Waals surface area contributed by atoms with Crippen LogP contribution in [0.3, 0.4) is 0 Å². The molecule has 0 bridgehead atoms. The van der Waals surface area contributed by atoms with Gasteiger partial charge in [0.15, 0.2) is 0 Å². The van der Waals surface area contributed by atoms with Gasteiger partial charge in [0.1, 0.15) is 0 Å². The molecular weight excluding hydrogens is 302 g/mol. The van der Waals surface area contributed by atoms with Crippen molar-refractivity contribution in [2.24, 2.45) is 34.5 Å². The van der Waals surface area contributed by atoms with E-state index in [0.29, 0.717) is 16.9 Å². The molecule has 142 valence electrons. The van der Waals surface area contributed by atoms with E-state index in [-0.39, 0.29) is 0 Å². The Labute approximate surface area is 156 Å². The first-order chi connectivity index (χ1) is 11.9. The van der Waals surface area contributed by atoms with Crippen LogP contribution in [0.25, 0.3) is 0 Å². The van der Waals surface area contributed by atoms with Gasteiger partial charge in [0, 0.05) is 12.1 Å². The lowest BCUT2D eigenvalue weighted by atomic mass is 9.45. The molecule has 1 heteroatoms. The first-order valence-electron chi connectivity index (χ1n) is 11.3. The molecule has 0 aliphatic heterocycles. The van der Waals surface area contributed by atoms with E-state index in [4.69, 9.17) is 0 Å². The summed E-state index contributed by atoms with van der Waals surface area (Å²) in [4.78, 5) is 0. The Morgan fingerprint density at radius 2 is 1.80 bits per heavy atom. The van der Waals surface area contributed by atoms with Gasteiger partial charge in [0.25, 0.3) is 0 Å². The van der Waals surface area contributed by atoms with Crippen LogP contribution in [0.5, 0.6) is 0 Å². The van der Waals surface area contributed by atoms with Crippen LogP contribution in [-0.2, 0) is 0 Å². The number of rotatable bonds is 2. The second kappa shape index (κ2) is 6.39. The molecule has 0 heterocycles. The van der Waals surface area contributed by atoms with Gasteiger partial charge in [0.05, 0.1) is 0 Å². The van der Waals surface area contributed by atoms with Crippen molar-refractivity contribution in [2.75, 3.05) is 0 Å². The molecule has 4 fully saturated rings. The van der Waals surface area contributed by atoms with Crippen LogP contribution in [0.15, 0.2) is 11.6 Å². The van der Waals surface area contributed by atoms with Crippen LogP contribution in [0, 0.1) is 34.5 Å². The van der Waals surface area contributed by atoms with E-state index in [0.717, 1.165) is 29.7 Å². The lowest BCUT2D eigenvalue weighted by Gasteiger charge is -2.61. The summed E-state index contributed by atoms with van der Waals surface area (Å²) in [6, 6.07) is 1.42. The summed E-state index contributed by atoms with van der Waals surface area (Å²) >= 11 is 0. The predicted molar refractivity (Wildman–Crippen MR) is 108 cm³/mol. The molecule has 4 unspecified atom stereocenters. The summed E-state index contributed by atoms with van der Waals surface area (Å²) in [6.45, 7) is 12.2. The van der Waals surface area contributed by atoms with Crippen LogP contribution in [0.1, 0.15) is 92.4 Å². The minimum Gasteiger partial charge on any atom is -0.312 e. The maximum Gasteiger partial charge on any atom is 0.00724 e. The molecule has 7 atom stereocenters. The van der Waals surface area contributed by atoms with Gasteiger partial charge in [-0.25, -0.2) is 0 Å². The zero-order valence-electron chi connectivity index (χ0n) is 17.4. The summed E-state index contributed by atoms with van der Waals surface area (Å²) in [5.41, 5.74) is 2.99. The van der Waals surface area contributed by atoms with Crippen molar-refractivity contribution in [1.29, 1.82) is 0 Å². The Morgan fingerprint density at radius 1 is 1.00 bits per heavy atom. The highest BCUT2D eigenvalue weighted by atomic mass is 14.9. The van der Waals surface area contributed by atoms with E-state index in [1.165, 1.54) is 57.8 Å². The van der Waals surface area contributed by atoms with Gasteiger partial charge in [-0.2, -0.15) is 0 Å². The van der Waals surface area contributed by atoms with E-state index < -0.39 is 0 Å². The SMILES string of the molecule is C/C=C1/CCC2C3CCC4C[C@@H](NC(C)C)CC[C@]4(C)C3CC[C@]12C. The Bertz CT molecular complexity index is 534. The normalized spacial score (nSPS) is 51.3. The molecule has 1 nitrogen and oxygen atoms in total. The second-order valence-electron chi connectivity index (χ2n) is 10.8. The lowest BCUT2D eigenvalue weighted by molar-refractivity contribution is -0.102. The van der Waals surface area contributed by atoms with E-state index in [9.17, 15) is 0 Å². The van der Waals surface area contributed by atoms with Gasteiger partial charge in [0.2, 0.25) is 0 Å². The molecule has 1 N–H and O–H groups in total. The standard InChI is InChI=1S/C24H41N/c1-6-17-8-10-21-20-9-7-18-15-19(25-16(2)3)11-13-24(18,5)22(20)12-14-23(17,21)4/h6,16,18-22,25H,7-15H2,1-5H3/b17-6-/t18?,19-,20?,21?,22?,23+,24-/m0/s1. The minimum absolute atomic E-state index is 0.551. The quantitative estimate of drug-likeness (QED) is 0.577. The third-order valence-electron chi connectivity index (χ3n) is 9.43. The summed E-state index contributed by atoms with van der Waals surface area (Å²) in [6.07, 6.45) is 15.7. The van der Waals surface area contributed by atoms with Gasteiger partial charge in [-0.05, 0) is 99.2 Å². The molecule has 0 radical (unpaired) electrons. The Hall–Kier alpha value is -0.300. The number of hydrogen-bond acceptors (Lipinski definition) is 1. The predicted octanol–water partition coefficient (Wildman–Crippen LogP) is 6.34. The third kappa shape index (κ3) is 2.75. The minimum atomic E-state index is 0.551. The number of allylic oxidation sites excluding steroid dienone is 2. The van der Waals surface area contributed by atoms with Crippen LogP contribution in [-0.4, -0.2) is 12.1 Å². The van der Waals surface area contributed by atoms with Crippen LogP contribution < -0.4 is 5.32 Å². The molecule has 0 aromatic carbocycles. The average Bonchev–Trinajstić information content (AvgIpc) is 2.91. The first-order valence-corrected chi connectivity index (χ1v) is 11.3. The highest BCUT2D eigenvalue weighted by molar-refractivity contribution is 5.23. The van der Waals surface area contributed by atoms with Crippen molar-refractivity contribution in [2.45, 2.75) is 104 Å². The molecule has 4 aliphatic carbocycles. The molecule has 4 rings (SSSR count). The molecule has 4 saturated carbocycles. The van der Waals surface area contributed by atoms with E-state index in [2.05, 4.69) is 46.0 Å². The van der Waals surface area contributed by atoms with Gasteiger partial charge >= 0.3 is 0 Å². The Morgan fingerprint density at radius 3 is 2.52 bits per heavy atom. The summed E-state index contributed by atoms with van der Waals surface area (Å²) < 4.78 is 0. The van der Waals surface area contributed by atoms with E-state index >= 15 is 0 Å². The number of fused-ring (bicyclic) bond motifs is 5. The molecule has 25 heavy (non-hydrogen) atoms. The Balaban J connectivity index is 1.54. The van der Waals surface area contributed by atoms with E-state index in [1.54, 1.807) is 5.57 Å². The third-order valence-corrected chi connectivity index (χ3v) is 9.43. The van der Waals surface area contributed by atoms with Gasteiger partial charge in [-0.1, -0.05) is 39.3 Å². The van der Waals surface area contributed by atoms with Crippen molar-refractivity contribution in [3.8, 4) is 0 Å². The van der Waals surface area contributed by atoms with Crippen molar-refractivity contribution in [1.82, 2.24) is 5.32 Å². The monoisotopic (exact) mass is 343 g/mol. The molecule has 0 amide bonds. The maximum atomic E-state index is 3.85. The largest absolute Gasteiger partial charge is 0.312 e. The highest BCUT2D eigenvalue weighted by Crippen LogP contribution is 2.67. The Kier molecular flexibility index (Phi) is 4.63. The van der Waals surface area contributed by atoms with E-state index in [1.807, 2.05) is 0 Å². The molecular formula is C24H41N. The van der Waals surface area contributed by atoms with Crippen LogP contribution in [0.2, 0.25) is 0 Å². The number of nitrogens with one attached hydrogen (secondary N) is 1. The van der Waals surface area contributed by atoms with Gasteiger partial charge in [-0.3, -0.25) is 0 Å². The summed E-state index contributed by atoms with van der Waals surface area (Å²) in [5.74, 6) is 4.00. The smallest absolute Gasteiger partial charge is 0.00724 e. The topological polar surface area (TPSA) is 12.0 Å².